The van der Waals surface area contributed by atoms with Gasteiger partial charge < -0.3 is 15.1 Å². The van der Waals surface area contributed by atoms with Gasteiger partial charge in [-0.2, -0.15) is 0 Å². The largest absolute Gasteiger partial charge is 0.461 e. The molecule has 4 heteroatoms. The maximum atomic E-state index is 11.3. The molecule has 0 saturated heterocycles. The summed E-state index contributed by atoms with van der Waals surface area (Å²) in [7, 11) is 0. The van der Waals surface area contributed by atoms with Gasteiger partial charge >= 0.3 is 6.03 Å². The van der Waals surface area contributed by atoms with E-state index < -0.39 is 0 Å². The van der Waals surface area contributed by atoms with Gasteiger partial charge in [-0.25, -0.2) is 4.79 Å². The lowest BCUT2D eigenvalue weighted by atomic mass is 10.2. The fraction of sp³-hybridized carbons (Fsp3) is 0.214. The SMILES string of the molecule is C=CCNC(=O)NCCc1cc2ccccc2o1. The van der Waals surface area contributed by atoms with Crippen LogP contribution in [0.3, 0.4) is 0 Å². The van der Waals surface area contributed by atoms with Crippen LogP contribution in [-0.2, 0) is 6.42 Å². The molecule has 0 bridgehead atoms. The number of amides is 2. The van der Waals surface area contributed by atoms with Crippen LogP contribution in [0.4, 0.5) is 4.79 Å². The molecule has 2 N–H and O–H groups in total. The Hall–Kier alpha value is -2.23. The number of furan rings is 1. The van der Waals surface area contributed by atoms with E-state index in [0.717, 1.165) is 16.7 Å². The molecule has 2 amide bonds. The van der Waals surface area contributed by atoms with E-state index in [1.807, 2.05) is 30.3 Å². The predicted octanol–water partition coefficient (Wildman–Crippen LogP) is 2.46. The topological polar surface area (TPSA) is 54.3 Å². The maximum absolute atomic E-state index is 11.3. The van der Waals surface area contributed by atoms with Crippen LogP contribution in [0.5, 0.6) is 0 Å². The van der Waals surface area contributed by atoms with E-state index in [2.05, 4.69) is 17.2 Å². The van der Waals surface area contributed by atoms with E-state index in [1.165, 1.54) is 0 Å². The highest BCUT2D eigenvalue weighted by Gasteiger charge is 2.03. The summed E-state index contributed by atoms with van der Waals surface area (Å²) in [5, 5.41) is 6.49. The molecule has 0 unspecified atom stereocenters. The molecule has 0 aliphatic carbocycles. The number of rotatable bonds is 5. The van der Waals surface area contributed by atoms with E-state index in [0.29, 0.717) is 19.5 Å². The highest BCUT2D eigenvalue weighted by molar-refractivity contribution is 5.77. The number of carbonyl (C=O) groups excluding carboxylic acids is 1. The molecule has 0 spiro atoms. The first-order valence-corrected chi connectivity index (χ1v) is 5.89. The lowest BCUT2D eigenvalue weighted by molar-refractivity contribution is 0.242. The van der Waals surface area contributed by atoms with E-state index in [9.17, 15) is 4.79 Å². The van der Waals surface area contributed by atoms with Crippen LogP contribution in [0, 0.1) is 0 Å². The number of benzene rings is 1. The van der Waals surface area contributed by atoms with Gasteiger partial charge in [0.25, 0.3) is 0 Å². The molecule has 18 heavy (non-hydrogen) atoms. The van der Waals surface area contributed by atoms with Crippen molar-refractivity contribution >= 4 is 17.0 Å². The molecule has 0 aliphatic heterocycles. The fourth-order valence-corrected chi connectivity index (χ4v) is 1.69. The standard InChI is InChI=1S/C14H16N2O2/c1-2-8-15-14(17)16-9-7-12-10-11-5-3-4-6-13(11)18-12/h2-6,10H,1,7-9H2,(H2,15,16,17). The van der Waals surface area contributed by atoms with E-state index in [1.54, 1.807) is 6.08 Å². The lowest BCUT2D eigenvalue weighted by Crippen LogP contribution is -2.36. The molecule has 0 radical (unpaired) electrons. The van der Waals surface area contributed by atoms with Crippen LogP contribution in [0.1, 0.15) is 5.76 Å². The van der Waals surface area contributed by atoms with Gasteiger partial charge in [0.1, 0.15) is 11.3 Å². The average Bonchev–Trinajstić information content (AvgIpc) is 2.79. The van der Waals surface area contributed by atoms with Crippen molar-refractivity contribution in [2.45, 2.75) is 6.42 Å². The Labute approximate surface area is 106 Å². The van der Waals surface area contributed by atoms with Crippen molar-refractivity contribution in [3.63, 3.8) is 0 Å². The van der Waals surface area contributed by atoms with E-state index in [-0.39, 0.29) is 6.03 Å². The van der Waals surface area contributed by atoms with Gasteiger partial charge in [0.15, 0.2) is 0 Å². The highest BCUT2D eigenvalue weighted by atomic mass is 16.3. The number of urea groups is 1. The van der Waals surface area contributed by atoms with Crippen molar-refractivity contribution in [3.05, 3.63) is 48.7 Å². The Bertz CT molecular complexity index is 512. The summed E-state index contributed by atoms with van der Waals surface area (Å²) in [5.74, 6) is 0.875. The van der Waals surface area contributed by atoms with Crippen molar-refractivity contribution in [2.24, 2.45) is 0 Å². The maximum Gasteiger partial charge on any atom is 0.315 e. The monoisotopic (exact) mass is 244 g/mol. The zero-order chi connectivity index (χ0) is 12.8. The number of hydrogen-bond acceptors (Lipinski definition) is 2. The lowest BCUT2D eigenvalue weighted by Gasteiger charge is -2.03. The number of carbonyl (C=O) groups is 1. The summed E-state index contributed by atoms with van der Waals surface area (Å²) in [6.07, 6.45) is 2.31. The summed E-state index contributed by atoms with van der Waals surface area (Å²) in [6, 6.07) is 9.67. The van der Waals surface area contributed by atoms with Crippen LogP contribution in [0.2, 0.25) is 0 Å². The van der Waals surface area contributed by atoms with Gasteiger partial charge in [0.2, 0.25) is 0 Å². The second-order valence-electron chi connectivity index (χ2n) is 3.93. The fourth-order valence-electron chi connectivity index (χ4n) is 1.69. The average molecular weight is 244 g/mol. The molecule has 2 aromatic rings. The number of nitrogens with one attached hydrogen (secondary N) is 2. The Morgan fingerprint density at radius 2 is 2.17 bits per heavy atom. The second-order valence-corrected chi connectivity index (χ2v) is 3.93. The number of fused-ring (bicyclic) bond motifs is 1. The van der Waals surface area contributed by atoms with Gasteiger partial charge in [0.05, 0.1) is 0 Å². The molecule has 0 atom stereocenters. The van der Waals surface area contributed by atoms with E-state index in [4.69, 9.17) is 4.42 Å². The number of para-hydroxylation sites is 1. The zero-order valence-corrected chi connectivity index (χ0v) is 10.1. The molecule has 0 aliphatic rings. The molecule has 4 nitrogen and oxygen atoms in total. The van der Waals surface area contributed by atoms with Crippen molar-refractivity contribution in [2.75, 3.05) is 13.1 Å². The van der Waals surface area contributed by atoms with Gasteiger partial charge in [-0.3, -0.25) is 0 Å². The molecule has 2 rings (SSSR count). The normalized spacial score (nSPS) is 10.2. The minimum Gasteiger partial charge on any atom is -0.461 e. The van der Waals surface area contributed by atoms with Crippen LogP contribution in [0.25, 0.3) is 11.0 Å². The van der Waals surface area contributed by atoms with Crippen molar-refractivity contribution in [3.8, 4) is 0 Å². The third kappa shape index (κ3) is 3.13. The highest BCUT2D eigenvalue weighted by Crippen LogP contribution is 2.18. The van der Waals surface area contributed by atoms with E-state index >= 15 is 0 Å². The quantitative estimate of drug-likeness (QED) is 0.794. The third-order valence-corrected chi connectivity index (χ3v) is 2.54. The smallest absolute Gasteiger partial charge is 0.315 e. The second kappa shape index (κ2) is 5.91. The van der Waals surface area contributed by atoms with Crippen molar-refractivity contribution in [1.29, 1.82) is 0 Å². The molecule has 0 fully saturated rings. The summed E-state index contributed by atoms with van der Waals surface area (Å²) in [5.41, 5.74) is 0.878. The first-order valence-electron chi connectivity index (χ1n) is 5.89. The Morgan fingerprint density at radius 3 is 2.94 bits per heavy atom. The Kier molecular flexibility index (Phi) is 4.02. The summed E-state index contributed by atoms with van der Waals surface area (Å²) >= 11 is 0. The predicted molar refractivity (Wildman–Crippen MR) is 71.5 cm³/mol. The van der Waals surface area contributed by atoms with Crippen LogP contribution < -0.4 is 10.6 Å². The van der Waals surface area contributed by atoms with Crippen molar-refractivity contribution < 1.29 is 9.21 Å². The summed E-state index contributed by atoms with van der Waals surface area (Å²) in [6.45, 7) is 4.54. The summed E-state index contributed by atoms with van der Waals surface area (Å²) < 4.78 is 5.64. The zero-order valence-electron chi connectivity index (χ0n) is 10.1. The van der Waals surface area contributed by atoms with Gasteiger partial charge in [0, 0.05) is 24.9 Å². The Balaban J connectivity index is 1.83. The first kappa shape index (κ1) is 12.2. The van der Waals surface area contributed by atoms with Crippen LogP contribution in [0.15, 0.2) is 47.4 Å². The molecule has 1 aromatic heterocycles. The molecular weight excluding hydrogens is 228 g/mol. The first-order chi connectivity index (χ1) is 8.79. The molecular formula is C14H16N2O2. The molecule has 0 saturated carbocycles. The van der Waals surface area contributed by atoms with Gasteiger partial charge in [-0.1, -0.05) is 24.3 Å². The third-order valence-electron chi connectivity index (χ3n) is 2.54. The summed E-state index contributed by atoms with van der Waals surface area (Å²) in [4.78, 5) is 11.3. The van der Waals surface area contributed by atoms with Crippen molar-refractivity contribution in [1.82, 2.24) is 10.6 Å². The molecule has 94 valence electrons. The minimum atomic E-state index is -0.189. The van der Waals surface area contributed by atoms with Crippen LogP contribution in [-0.4, -0.2) is 19.1 Å². The minimum absolute atomic E-state index is 0.189. The number of hydrogen-bond donors (Lipinski definition) is 2. The van der Waals surface area contributed by atoms with Crippen LogP contribution >= 0.6 is 0 Å². The molecule has 1 heterocycles. The molecule has 1 aromatic carbocycles. The Morgan fingerprint density at radius 1 is 1.33 bits per heavy atom. The van der Waals surface area contributed by atoms with Gasteiger partial charge in [-0.15, -0.1) is 6.58 Å². The van der Waals surface area contributed by atoms with Gasteiger partial charge in [-0.05, 0) is 12.1 Å².